The predicted octanol–water partition coefficient (Wildman–Crippen LogP) is 6.50. The number of benzene rings is 3. The van der Waals surface area contributed by atoms with Gasteiger partial charge in [0.05, 0.1) is 10.2 Å². The minimum absolute atomic E-state index is 0.00170. The number of carbonyl (C=O) groups excluding carboxylic acids is 1. The number of aryl methyl sites for hydroxylation is 2. The summed E-state index contributed by atoms with van der Waals surface area (Å²) in [7, 11) is 0. The quantitative estimate of drug-likeness (QED) is 0.411. The van der Waals surface area contributed by atoms with Crippen molar-refractivity contribution in [3.05, 3.63) is 82.9 Å². The minimum atomic E-state index is -0.00170. The van der Waals surface area contributed by atoms with E-state index in [1.54, 1.807) is 11.3 Å². The maximum atomic E-state index is 12.2. The Morgan fingerprint density at radius 2 is 1.79 bits per heavy atom. The highest BCUT2D eigenvalue weighted by molar-refractivity contribution is 7.21. The van der Waals surface area contributed by atoms with Crippen LogP contribution in [0.2, 0.25) is 5.02 Å². The summed E-state index contributed by atoms with van der Waals surface area (Å²) in [5.74, 6) is -0.00170. The molecular weight excluding hydrogens is 388 g/mol. The first-order valence-corrected chi connectivity index (χ1v) is 10.3. The number of hydrogen-bond donors (Lipinski definition) is 1. The Hall–Kier alpha value is -2.69. The molecule has 4 aromatic rings. The van der Waals surface area contributed by atoms with Crippen LogP contribution in [-0.2, 0) is 11.2 Å². The van der Waals surface area contributed by atoms with Crippen LogP contribution in [0.15, 0.2) is 66.7 Å². The van der Waals surface area contributed by atoms with Gasteiger partial charge in [-0.1, -0.05) is 29.8 Å². The summed E-state index contributed by atoms with van der Waals surface area (Å²) in [6, 6.07) is 21.7. The number of amides is 1. The number of fused-ring (bicyclic) bond motifs is 1. The van der Waals surface area contributed by atoms with Crippen LogP contribution in [0.1, 0.15) is 17.5 Å². The van der Waals surface area contributed by atoms with Gasteiger partial charge in [-0.25, -0.2) is 4.98 Å². The lowest BCUT2D eigenvalue weighted by Crippen LogP contribution is -2.12. The van der Waals surface area contributed by atoms with Crippen LogP contribution in [-0.4, -0.2) is 10.9 Å². The molecule has 1 aromatic heterocycles. The third-order valence-corrected chi connectivity index (χ3v) is 5.83. The second-order valence-electron chi connectivity index (χ2n) is 6.74. The molecule has 3 nitrogen and oxygen atoms in total. The van der Waals surface area contributed by atoms with E-state index in [9.17, 15) is 4.79 Å². The van der Waals surface area contributed by atoms with Crippen LogP contribution in [0.5, 0.6) is 0 Å². The Labute approximate surface area is 173 Å². The Balaban J connectivity index is 1.39. The monoisotopic (exact) mass is 406 g/mol. The molecule has 0 aliphatic heterocycles. The lowest BCUT2D eigenvalue weighted by molar-refractivity contribution is -0.116. The molecule has 1 heterocycles. The van der Waals surface area contributed by atoms with E-state index in [1.807, 2.05) is 48.5 Å². The highest BCUT2D eigenvalue weighted by atomic mass is 35.5. The van der Waals surface area contributed by atoms with Gasteiger partial charge in [0.15, 0.2) is 0 Å². The van der Waals surface area contributed by atoms with Crippen molar-refractivity contribution in [2.45, 2.75) is 19.8 Å². The van der Waals surface area contributed by atoms with Gasteiger partial charge in [-0.3, -0.25) is 4.79 Å². The van der Waals surface area contributed by atoms with Crippen LogP contribution in [0.4, 0.5) is 5.69 Å². The van der Waals surface area contributed by atoms with E-state index in [-0.39, 0.29) is 5.91 Å². The van der Waals surface area contributed by atoms with Crippen LogP contribution in [0.3, 0.4) is 0 Å². The first-order valence-electron chi connectivity index (χ1n) is 9.09. The molecule has 0 fully saturated rings. The molecule has 0 bridgehead atoms. The fourth-order valence-electron chi connectivity index (χ4n) is 2.98. The summed E-state index contributed by atoms with van der Waals surface area (Å²) in [4.78, 5) is 16.9. The molecule has 0 atom stereocenters. The van der Waals surface area contributed by atoms with Crippen molar-refractivity contribution >= 4 is 44.7 Å². The van der Waals surface area contributed by atoms with Crippen LogP contribution in [0, 0.1) is 6.92 Å². The largest absolute Gasteiger partial charge is 0.326 e. The molecule has 1 N–H and O–H groups in total. The maximum absolute atomic E-state index is 12.2. The summed E-state index contributed by atoms with van der Waals surface area (Å²) < 4.78 is 1.19. The van der Waals surface area contributed by atoms with E-state index in [1.165, 1.54) is 10.3 Å². The Bertz CT molecular complexity index is 1120. The zero-order valence-corrected chi connectivity index (χ0v) is 17.0. The van der Waals surface area contributed by atoms with Crippen molar-refractivity contribution in [1.82, 2.24) is 4.98 Å². The molecule has 1 amide bonds. The number of anilines is 1. The summed E-state index contributed by atoms with van der Waals surface area (Å²) >= 11 is 7.57. The van der Waals surface area contributed by atoms with E-state index in [4.69, 9.17) is 16.6 Å². The molecule has 4 rings (SSSR count). The van der Waals surface area contributed by atoms with Gasteiger partial charge in [0.25, 0.3) is 0 Å². The van der Waals surface area contributed by atoms with E-state index < -0.39 is 0 Å². The lowest BCUT2D eigenvalue weighted by Gasteiger charge is -2.06. The molecular formula is C23H19ClN2OS. The van der Waals surface area contributed by atoms with Crippen molar-refractivity contribution in [3.63, 3.8) is 0 Å². The van der Waals surface area contributed by atoms with Crippen LogP contribution in [0.25, 0.3) is 20.8 Å². The van der Waals surface area contributed by atoms with Gasteiger partial charge in [-0.2, -0.15) is 0 Å². The fraction of sp³-hybridized carbons (Fsp3) is 0.130. The average molecular weight is 407 g/mol. The highest BCUT2D eigenvalue weighted by Gasteiger charge is 2.08. The predicted molar refractivity (Wildman–Crippen MR) is 118 cm³/mol. The van der Waals surface area contributed by atoms with Gasteiger partial charge in [0.2, 0.25) is 5.91 Å². The smallest absolute Gasteiger partial charge is 0.224 e. The SMILES string of the molecule is Cc1ccc2nc(-c3ccc(NC(=O)CCc4ccc(Cl)cc4)cc3)sc2c1. The van der Waals surface area contributed by atoms with Crippen molar-refractivity contribution < 1.29 is 4.79 Å². The minimum Gasteiger partial charge on any atom is -0.326 e. The molecule has 0 aliphatic rings. The molecule has 28 heavy (non-hydrogen) atoms. The number of rotatable bonds is 5. The third kappa shape index (κ3) is 4.41. The van der Waals surface area contributed by atoms with Crippen LogP contribution < -0.4 is 5.32 Å². The van der Waals surface area contributed by atoms with E-state index >= 15 is 0 Å². The van der Waals surface area contributed by atoms with Crippen molar-refractivity contribution in [2.24, 2.45) is 0 Å². The molecule has 0 saturated carbocycles. The molecule has 0 saturated heterocycles. The maximum Gasteiger partial charge on any atom is 0.224 e. The number of nitrogens with zero attached hydrogens (tertiary/aromatic N) is 1. The molecule has 0 aliphatic carbocycles. The molecule has 0 spiro atoms. The third-order valence-electron chi connectivity index (χ3n) is 4.51. The Kier molecular flexibility index (Phi) is 5.42. The zero-order chi connectivity index (χ0) is 19.5. The van der Waals surface area contributed by atoms with Gasteiger partial charge in [0, 0.05) is 22.7 Å². The standard InChI is InChI=1S/C23H19ClN2OS/c1-15-2-12-20-21(14-15)28-23(26-20)17-6-10-19(11-7-17)25-22(27)13-5-16-3-8-18(24)9-4-16/h2-4,6-12,14H,5,13H2,1H3,(H,25,27). The topological polar surface area (TPSA) is 42.0 Å². The van der Waals surface area contributed by atoms with Crippen molar-refractivity contribution in [1.29, 1.82) is 0 Å². The molecule has 0 unspecified atom stereocenters. The van der Waals surface area contributed by atoms with Crippen molar-refractivity contribution in [3.8, 4) is 10.6 Å². The van der Waals surface area contributed by atoms with E-state index in [0.29, 0.717) is 17.9 Å². The molecule has 140 valence electrons. The molecule has 5 heteroatoms. The van der Waals surface area contributed by atoms with Crippen LogP contribution >= 0.6 is 22.9 Å². The second-order valence-corrected chi connectivity index (χ2v) is 8.21. The van der Waals surface area contributed by atoms with E-state index in [2.05, 4.69) is 30.4 Å². The van der Waals surface area contributed by atoms with Crippen molar-refractivity contribution in [2.75, 3.05) is 5.32 Å². The number of thiazole rings is 1. The summed E-state index contributed by atoms with van der Waals surface area (Å²) in [5, 5.41) is 4.65. The first kappa shape index (κ1) is 18.7. The summed E-state index contributed by atoms with van der Waals surface area (Å²) in [5.41, 5.74) is 5.20. The lowest BCUT2D eigenvalue weighted by atomic mass is 10.1. The number of aromatic nitrogens is 1. The normalized spacial score (nSPS) is 10.9. The number of nitrogens with one attached hydrogen (secondary N) is 1. The second kappa shape index (κ2) is 8.13. The van der Waals surface area contributed by atoms with Gasteiger partial charge in [-0.15, -0.1) is 11.3 Å². The van der Waals surface area contributed by atoms with Gasteiger partial charge < -0.3 is 5.32 Å². The molecule has 0 radical (unpaired) electrons. The summed E-state index contributed by atoms with van der Waals surface area (Å²) in [6.07, 6.45) is 1.12. The van der Waals surface area contributed by atoms with Gasteiger partial charge >= 0.3 is 0 Å². The average Bonchev–Trinajstić information content (AvgIpc) is 3.11. The van der Waals surface area contributed by atoms with Gasteiger partial charge in [-0.05, 0) is 73.0 Å². The zero-order valence-electron chi connectivity index (χ0n) is 15.4. The Morgan fingerprint density at radius 1 is 1.04 bits per heavy atom. The number of halogens is 1. The summed E-state index contributed by atoms with van der Waals surface area (Å²) in [6.45, 7) is 2.09. The first-order chi connectivity index (χ1) is 13.6. The fourth-order valence-corrected chi connectivity index (χ4v) is 4.18. The number of hydrogen-bond acceptors (Lipinski definition) is 3. The van der Waals surface area contributed by atoms with E-state index in [0.717, 1.165) is 27.3 Å². The van der Waals surface area contributed by atoms with Gasteiger partial charge in [0.1, 0.15) is 5.01 Å². The number of carbonyl (C=O) groups is 1. The molecule has 3 aromatic carbocycles. The Morgan fingerprint density at radius 3 is 2.54 bits per heavy atom. The highest BCUT2D eigenvalue weighted by Crippen LogP contribution is 2.31.